The minimum Gasteiger partial charge on any atom is -0.279 e. The van der Waals surface area contributed by atoms with Gasteiger partial charge < -0.3 is 0 Å². The fraction of sp³-hybridized carbons (Fsp3) is 0.130. The third-order valence-corrected chi connectivity index (χ3v) is 5.95. The number of benzene rings is 3. The van der Waals surface area contributed by atoms with Crippen molar-refractivity contribution in [3.05, 3.63) is 94.5 Å². The molecule has 0 aliphatic heterocycles. The van der Waals surface area contributed by atoms with Crippen LogP contribution in [0.15, 0.2) is 76.7 Å². The van der Waals surface area contributed by atoms with Crippen LogP contribution in [0.2, 0.25) is 0 Å². The lowest BCUT2D eigenvalue weighted by Crippen LogP contribution is -2.19. The predicted octanol–water partition coefficient (Wildman–Crippen LogP) is 4.18. The molecule has 6 nitrogen and oxygen atoms in total. The van der Waals surface area contributed by atoms with Gasteiger partial charge >= 0.3 is 0 Å². The van der Waals surface area contributed by atoms with E-state index in [2.05, 4.69) is 15.2 Å². The highest BCUT2D eigenvalue weighted by Crippen LogP contribution is 2.21. The van der Waals surface area contributed by atoms with Crippen LogP contribution < -0.4 is 10.1 Å². The third-order valence-electron chi connectivity index (χ3n) is 4.59. The molecular formula is C23H23N3O3S. The van der Waals surface area contributed by atoms with Crippen molar-refractivity contribution in [3.63, 3.8) is 0 Å². The van der Waals surface area contributed by atoms with Gasteiger partial charge in [0.25, 0.3) is 15.9 Å². The predicted molar refractivity (Wildman–Crippen MR) is 119 cm³/mol. The summed E-state index contributed by atoms with van der Waals surface area (Å²) < 4.78 is 28.1. The third kappa shape index (κ3) is 5.12. The Hall–Kier alpha value is -3.45. The number of hydrogen-bond donors (Lipinski definition) is 2. The maximum absolute atomic E-state index is 12.8. The summed E-state index contributed by atoms with van der Waals surface area (Å²) in [6.45, 7) is 5.72. The minimum atomic E-state index is -3.84. The van der Waals surface area contributed by atoms with Gasteiger partial charge in [-0.15, -0.1) is 0 Å². The Morgan fingerprint density at radius 2 is 1.67 bits per heavy atom. The molecule has 0 fully saturated rings. The van der Waals surface area contributed by atoms with Gasteiger partial charge in [-0.2, -0.15) is 5.10 Å². The molecule has 3 rings (SSSR count). The van der Waals surface area contributed by atoms with Crippen molar-refractivity contribution in [1.29, 1.82) is 0 Å². The van der Waals surface area contributed by atoms with Crippen LogP contribution in [0.25, 0.3) is 0 Å². The van der Waals surface area contributed by atoms with E-state index in [1.54, 1.807) is 12.3 Å². The number of rotatable bonds is 6. The van der Waals surface area contributed by atoms with Crippen molar-refractivity contribution in [2.24, 2.45) is 5.10 Å². The molecule has 0 aliphatic carbocycles. The number of nitrogens with one attached hydrogen (secondary N) is 2. The summed E-state index contributed by atoms with van der Waals surface area (Å²) in [5.74, 6) is -0.497. The van der Waals surface area contributed by atoms with Gasteiger partial charge in [0.05, 0.1) is 16.8 Å². The largest absolute Gasteiger partial charge is 0.279 e. The molecule has 0 unspecified atom stereocenters. The van der Waals surface area contributed by atoms with Crippen molar-refractivity contribution in [1.82, 2.24) is 5.43 Å². The molecule has 2 N–H and O–H groups in total. The van der Waals surface area contributed by atoms with E-state index in [-0.39, 0.29) is 10.5 Å². The average molecular weight is 422 g/mol. The second kappa shape index (κ2) is 8.92. The molecule has 30 heavy (non-hydrogen) atoms. The molecule has 0 bridgehead atoms. The molecule has 1 amide bonds. The monoisotopic (exact) mass is 421 g/mol. The van der Waals surface area contributed by atoms with Gasteiger partial charge in [-0.1, -0.05) is 48.0 Å². The van der Waals surface area contributed by atoms with Crippen LogP contribution >= 0.6 is 0 Å². The molecule has 7 heteroatoms. The topological polar surface area (TPSA) is 87.6 Å². The first-order valence-corrected chi connectivity index (χ1v) is 10.8. The number of carbonyl (C=O) groups is 1. The van der Waals surface area contributed by atoms with Crippen LogP contribution in [0, 0.1) is 20.8 Å². The second-order valence-electron chi connectivity index (χ2n) is 7.01. The van der Waals surface area contributed by atoms with E-state index < -0.39 is 15.9 Å². The number of anilines is 1. The standard InChI is InChI=1S/C23H23N3O3S/c1-16-11-12-22(18(3)13-16)26-30(28,29)21-10-6-9-19(14-21)23(27)25-24-15-20-8-5-4-7-17(20)2/h4-15,26H,1-3H3,(H,25,27)/b24-15+. The van der Waals surface area contributed by atoms with E-state index in [1.165, 1.54) is 24.3 Å². The molecule has 3 aromatic rings. The van der Waals surface area contributed by atoms with Crippen molar-refractivity contribution in [2.45, 2.75) is 25.7 Å². The SMILES string of the molecule is Cc1ccc(NS(=O)(=O)c2cccc(C(=O)N/N=C/c3ccccc3C)c2)c(C)c1. The highest BCUT2D eigenvalue weighted by atomic mass is 32.2. The molecule has 0 heterocycles. The number of amides is 1. The van der Waals surface area contributed by atoms with E-state index in [4.69, 9.17) is 0 Å². The number of hydrogen-bond acceptors (Lipinski definition) is 4. The lowest BCUT2D eigenvalue weighted by Gasteiger charge is -2.12. The Morgan fingerprint density at radius 3 is 2.40 bits per heavy atom. The summed E-state index contributed by atoms with van der Waals surface area (Å²) in [5, 5.41) is 3.97. The van der Waals surface area contributed by atoms with E-state index in [1.807, 2.05) is 57.2 Å². The van der Waals surface area contributed by atoms with Crippen molar-refractivity contribution in [2.75, 3.05) is 4.72 Å². The number of aryl methyl sites for hydroxylation is 3. The second-order valence-corrected chi connectivity index (χ2v) is 8.69. The zero-order valence-electron chi connectivity index (χ0n) is 17.0. The van der Waals surface area contributed by atoms with Gasteiger partial charge in [-0.3, -0.25) is 9.52 Å². The summed E-state index contributed by atoms with van der Waals surface area (Å²) in [6, 6.07) is 18.9. The van der Waals surface area contributed by atoms with Crippen LogP contribution in [0.3, 0.4) is 0 Å². The number of carbonyl (C=O) groups excluding carboxylic acids is 1. The van der Waals surface area contributed by atoms with Crippen LogP contribution in [-0.2, 0) is 10.0 Å². The van der Waals surface area contributed by atoms with E-state index in [0.29, 0.717) is 5.69 Å². The van der Waals surface area contributed by atoms with Crippen LogP contribution in [0.1, 0.15) is 32.6 Å². The van der Waals surface area contributed by atoms with E-state index in [0.717, 1.165) is 22.3 Å². The molecule has 0 spiro atoms. The number of nitrogens with zero attached hydrogens (tertiary/aromatic N) is 1. The molecule has 0 radical (unpaired) electrons. The summed E-state index contributed by atoms with van der Waals surface area (Å²) in [4.78, 5) is 12.4. The smallest absolute Gasteiger partial charge is 0.271 e. The molecule has 0 aliphatic rings. The Labute approximate surface area is 176 Å². The van der Waals surface area contributed by atoms with Crippen molar-refractivity contribution < 1.29 is 13.2 Å². The fourth-order valence-corrected chi connectivity index (χ4v) is 4.07. The van der Waals surface area contributed by atoms with E-state index in [9.17, 15) is 13.2 Å². The Kier molecular flexibility index (Phi) is 6.32. The highest BCUT2D eigenvalue weighted by molar-refractivity contribution is 7.92. The molecular weight excluding hydrogens is 398 g/mol. The number of sulfonamides is 1. The van der Waals surface area contributed by atoms with Gasteiger partial charge in [0.1, 0.15) is 0 Å². The molecule has 154 valence electrons. The molecule has 0 saturated carbocycles. The van der Waals surface area contributed by atoms with Gasteiger partial charge in [0.15, 0.2) is 0 Å². The molecule has 3 aromatic carbocycles. The number of hydrazone groups is 1. The van der Waals surface area contributed by atoms with Crippen LogP contribution in [0.4, 0.5) is 5.69 Å². The summed E-state index contributed by atoms with van der Waals surface area (Å²) in [7, 11) is -3.84. The normalized spacial score (nSPS) is 11.4. The molecule has 0 saturated heterocycles. The first kappa shape index (κ1) is 21.3. The van der Waals surface area contributed by atoms with Gasteiger partial charge in [0, 0.05) is 5.56 Å². The molecule has 0 aromatic heterocycles. The van der Waals surface area contributed by atoms with Crippen molar-refractivity contribution in [3.8, 4) is 0 Å². The maximum Gasteiger partial charge on any atom is 0.271 e. The Balaban J connectivity index is 1.76. The lowest BCUT2D eigenvalue weighted by molar-refractivity contribution is 0.0955. The van der Waals surface area contributed by atoms with Gasteiger partial charge in [0.2, 0.25) is 0 Å². The van der Waals surface area contributed by atoms with E-state index >= 15 is 0 Å². The van der Waals surface area contributed by atoms with Crippen LogP contribution in [-0.4, -0.2) is 20.5 Å². The zero-order valence-corrected chi connectivity index (χ0v) is 17.8. The maximum atomic E-state index is 12.8. The minimum absolute atomic E-state index is 0.00184. The van der Waals surface area contributed by atoms with Crippen LogP contribution in [0.5, 0.6) is 0 Å². The van der Waals surface area contributed by atoms with Crippen molar-refractivity contribution >= 4 is 27.8 Å². The lowest BCUT2D eigenvalue weighted by atomic mass is 10.1. The summed E-state index contributed by atoms with van der Waals surface area (Å²) >= 11 is 0. The summed E-state index contributed by atoms with van der Waals surface area (Å²) in [5.41, 5.74) is 6.90. The first-order chi connectivity index (χ1) is 14.3. The Morgan fingerprint density at radius 1 is 0.900 bits per heavy atom. The quantitative estimate of drug-likeness (QED) is 0.462. The van der Waals surface area contributed by atoms with Gasteiger partial charge in [-0.25, -0.2) is 13.8 Å². The zero-order chi connectivity index (χ0) is 21.7. The summed E-state index contributed by atoms with van der Waals surface area (Å²) in [6.07, 6.45) is 1.55. The molecule has 0 atom stereocenters. The average Bonchev–Trinajstić information content (AvgIpc) is 2.71. The van der Waals surface area contributed by atoms with Gasteiger partial charge in [-0.05, 0) is 61.7 Å². The highest BCUT2D eigenvalue weighted by Gasteiger charge is 2.17. The Bertz CT molecular complexity index is 1220. The first-order valence-electron chi connectivity index (χ1n) is 9.35. The fourth-order valence-electron chi connectivity index (χ4n) is 2.89.